The van der Waals surface area contributed by atoms with Crippen LogP contribution in [-0.4, -0.2) is 39.7 Å². The summed E-state index contributed by atoms with van der Waals surface area (Å²) in [6.45, 7) is 7.69. The highest BCUT2D eigenvalue weighted by Crippen LogP contribution is 2.34. The Labute approximate surface area is 219 Å². The summed E-state index contributed by atoms with van der Waals surface area (Å²) in [5.41, 5.74) is 1.03. The molecule has 180 valence electrons. The number of carboxylic acids is 1. The second kappa shape index (κ2) is 11.3. The third kappa shape index (κ3) is 5.77. The minimum absolute atomic E-state index is 0.0188. The van der Waals surface area contributed by atoms with Gasteiger partial charge in [-0.25, -0.2) is 9.78 Å². The number of rotatable bonds is 9. The van der Waals surface area contributed by atoms with Gasteiger partial charge < -0.3 is 14.6 Å². The first-order chi connectivity index (χ1) is 16.2. The quantitative estimate of drug-likeness (QED) is 0.248. The molecule has 1 aromatic heterocycles. The van der Waals surface area contributed by atoms with Crippen molar-refractivity contribution in [3.8, 4) is 11.5 Å². The summed E-state index contributed by atoms with van der Waals surface area (Å²) in [5, 5.41) is 14.2. The molecule has 0 aliphatic heterocycles. The first kappa shape index (κ1) is 26.1. The van der Waals surface area contributed by atoms with Crippen LogP contribution in [0.3, 0.4) is 0 Å². The predicted octanol–water partition coefficient (Wildman–Crippen LogP) is 5.41. The second-order valence-electron chi connectivity index (χ2n) is 7.66. The third-order valence-electron chi connectivity index (χ3n) is 5.18. The monoisotopic (exact) mass is 641 g/mol. The number of aromatic nitrogens is 2. The van der Waals surface area contributed by atoms with Crippen molar-refractivity contribution < 1.29 is 19.4 Å². The Kier molecular flexibility index (Phi) is 8.69. The molecule has 0 unspecified atom stereocenters. The molecule has 2 aromatic carbocycles. The summed E-state index contributed by atoms with van der Waals surface area (Å²) in [4.78, 5) is 29.3. The lowest BCUT2D eigenvalue weighted by Gasteiger charge is -2.17. The number of halogens is 2. The highest BCUT2D eigenvalue weighted by atomic mass is 127. The van der Waals surface area contributed by atoms with Crippen LogP contribution in [0.15, 0.2) is 44.7 Å². The number of carbonyl (C=O) groups is 1. The first-order valence-electron chi connectivity index (χ1n) is 10.8. The lowest BCUT2D eigenvalue weighted by molar-refractivity contribution is -0.144. The number of nitrogens with zero attached hydrogens (tertiary/aromatic N) is 3. The molecule has 0 radical (unpaired) electrons. The molecule has 0 saturated carbocycles. The van der Waals surface area contributed by atoms with E-state index in [4.69, 9.17) is 14.5 Å². The van der Waals surface area contributed by atoms with Gasteiger partial charge >= 0.3 is 5.97 Å². The molecule has 10 heteroatoms. The van der Waals surface area contributed by atoms with Crippen LogP contribution in [0.4, 0.5) is 0 Å². The highest BCUT2D eigenvalue weighted by molar-refractivity contribution is 14.1. The molecule has 2 atom stereocenters. The molecule has 3 aromatic rings. The lowest BCUT2D eigenvalue weighted by atomic mass is 10.1. The van der Waals surface area contributed by atoms with Crippen molar-refractivity contribution in [3.63, 3.8) is 0 Å². The van der Waals surface area contributed by atoms with E-state index in [9.17, 15) is 14.7 Å². The number of ether oxygens (including phenoxy) is 2. The molecular weight excluding hydrogens is 617 g/mol. The van der Waals surface area contributed by atoms with Gasteiger partial charge in [0.2, 0.25) is 0 Å². The zero-order valence-corrected chi connectivity index (χ0v) is 23.0. The SMILES string of the molecule is CCOc1cc(C=Nn2c([C@H](C)CC)nc3ccc(Br)cc3c2=O)cc(I)c1O[C@H](C)C(=O)O. The highest BCUT2D eigenvalue weighted by Gasteiger charge is 2.19. The van der Waals surface area contributed by atoms with Gasteiger partial charge in [0.25, 0.3) is 5.56 Å². The molecule has 0 spiro atoms. The second-order valence-corrected chi connectivity index (χ2v) is 9.74. The van der Waals surface area contributed by atoms with Crippen LogP contribution in [-0.2, 0) is 4.79 Å². The fourth-order valence-electron chi connectivity index (χ4n) is 3.17. The molecule has 3 rings (SSSR count). The molecule has 0 aliphatic carbocycles. The Balaban J connectivity index is 2.11. The molecule has 1 heterocycles. The summed E-state index contributed by atoms with van der Waals surface area (Å²) < 4.78 is 14.1. The third-order valence-corrected chi connectivity index (χ3v) is 6.48. The molecule has 34 heavy (non-hydrogen) atoms. The Bertz CT molecular complexity index is 1310. The van der Waals surface area contributed by atoms with Gasteiger partial charge in [0.15, 0.2) is 17.6 Å². The number of hydrogen-bond acceptors (Lipinski definition) is 6. The zero-order chi connectivity index (χ0) is 25.0. The van der Waals surface area contributed by atoms with Gasteiger partial charge in [-0.05, 0) is 78.8 Å². The van der Waals surface area contributed by atoms with E-state index < -0.39 is 12.1 Å². The molecule has 0 amide bonds. The molecule has 8 nitrogen and oxygen atoms in total. The van der Waals surface area contributed by atoms with Gasteiger partial charge in [0, 0.05) is 10.4 Å². The van der Waals surface area contributed by atoms with Crippen LogP contribution < -0.4 is 15.0 Å². The number of benzene rings is 2. The van der Waals surface area contributed by atoms with E-state index in [1.807, 2.05) is 32.9 Å². The van der Waals surface area contributed by atoms with E-state index in [1.165, 1.54) is 11.6 Å². The maximum Gasteiger partial charge on any atom is 0.344 e. The molecule has 0 fully saturated rings. The number of fused-ring (bicyclic) bond motifs is 1. The largest absolute Gasteiger partial charge is 0.490 e. The van der Waals surface area contributed by atoms with Gasteiger partial charge in [0.05, 0.1) is 27.3 Å². The lowest BCUT2D eigenvalue weighted by Crippen LogP contribution is -2.24. The van der Waals surface area contributed by atoms with Crippen LogP contribution in [0, 0.1) is 3.57 Å². The summed E-state index contributed by atoms with van der Waals surface area (Å²) >= 11 is 5.48. The van der Waals surface area contributed by atoms with Crippen LogP contribution in [0.2, 0.25) is 0 Å². The fraction of sp³-hybridized carbons (Fsp3) is 0.333. The molecule has 0 saturated heterocycles. The van der Waals surface area contributed by atoms with E-state index in [2.05, 4.69) is 43.6 Å². The van der Waals surface area contributed by atoms with Gasteiger partial charge in [-0.15, -0.1) is 0 Å². The fourth-order valence-corrected chi connectivity index (χ4v) is 4.28. The van der Waals surface area contributed by atoms with Crippen molar-refractivity contribution in [2.24, 2.45) is 5.10 Å². The van der Waals surface area contributed by atoms with Crippen molar-refractivity contribution in [2.75, 3.05) is 6.61 Å². The Hall–Kier alpha value is -2.47. The summed E-state index contributed by atoms with van der Waals surface area (Å²) in [6.07, 6.45) is 1.32. The van der Waals surface area contributed by atoms with Gasteiger partial charge in [-0.3, -0.25) is 4.79 Å². The topological polar surface area (TPSA) is 103 Å². The van der Waals surface area contributed by atoms with E-state index in [-0.39, 0.29) is 11.5 Å². The summed E-state index contributed by atoms with van der Waals surface area (Å²) in [5.74, 6) is 0.276. The van der Waals surface area contributed by atoms with Crippen molar-refractivity contribution in [3.05, 3.63) is 60.1 Å². The van der Waals surface area contributed by atoms with E-state index in [1.54, 1.807) is 24.4 Å². The van der Waals surface area contributed by atoms with Crippen LogP contribution >= 0.6 is 38.5 Å². The van der Waals surface area contributed by atoms with Crippen LogP contribution in [0.25, 0.3) is 10.9 Å². The van der Waals surface area contributed by atoms with Gasteiger partial charge in [-0.1, -0.05) is 29.8 Å². The maximum atomic E-state index is 13.3. The molecule has 0 bridgehead atoms. The number of hydrogen-bond donors (Lipinski definition) is 1. The Morgan fingerprint density at radius 3 is 2.68 bits per heavy atom. The predicted molar refractivity (Wildman–Crippen MR) is 143 cm³/mol. The van der Waals surface area contributed by atoms with Crippen LogP contribution in [0.1, 0.15) is 51.4 Å². The average molecular weight is 642 g/mol. The van der Waals surface area contributed by atoms with E-state index in [0.717, 1.165) is 10.9 Å². The minimum Gasteiger partial charge on any atom is -0.490 e. The molecule has 1 N–H and O–H groups in total. The average Bonchev–Trinajstić information content (AvgIpc) is 2.80. The zero-order valence-electron chi connectivity index (χ0n) is 19.2. The standard InChI is InChI=1S/C24H25BrIN3O5/c1-5-13(3)22-28-19-8-7-16(25)11-17(19)23(30)29(22)27-12-15-9-18(26)21(20(10-15)33-6-2)34-14(4)24(31)32/h7-14H,5-6H2,1-4H3,(H,31,32)/t13-,14-/m1/s1. The molecule has 0 aliphatic rings. The Morgan fingerprint density at radius 1 is 1.29 bits per heavy atom. The van der Waals surface area contributed by atoms with Crippen molar-refractivity contribution in [1.82, 2.24) is 9.66 Å². The summed E-state index contributed by atoms with van der Waals surface area (Å²) in [6, 6.07) is 8.90. The normalized spacial score (nSPS) is 13.2. The van der Waals surface area contributed by atoms with Gasteiger partial charge in [-0.2, -0.15) is 9.78 Å². The Morgan fingerprint density at radius 2 is 2.03 bits per heavy atom. The maximum absolute atomic E-state index is 13.3. The smallest absolute Gasteiger partial charge is 0.344 e. The van der Waals surface area contributed by atoms with Crippen LogP contribution in [0.5, 0.6) is 11.5 Å². The van der Waals surface area contributed by atoms with E-state index in [0.29, 0.717) is 44.0 Å². The van der Waals surface area contributed by atoms with Crippen molar-refractivity contribution in [2.45, 2.75) is 46.1 Å². The summed E-state index contributed by atoms with van der Waals surface area (Å²) in [7, 11) is 0. The minimum atomic E-state index is -1.07. The first-order valence-corrected chi connectivity index (χ1v) is 12.7. The molecular formula is C24H25BrIN3O5. The van der Waals surface area contributed by atoms with Crippen molar-refractivity contribution >= 4 is 61.6 Å². The van der Waals surface area contributed by atoms with Gasteiger partial charge in [0.1, 0.15) is 5.82 Å². The number of aliphatic carboxylic acids is 1. The number of carboxylic acid groups (broad SMARTS) is 1. The van der Waals surface area contributed by atoms with Crippen molar-refractivity contribution in [1.29, 1.82) is 0 Å². The van der Waals surface area contributed by atoms with E-state index >= 15 is 0 Å².